The third kappa shape index (κ3) is 8.00. The Hall–Kier alpha value is -2.84. The van der Waals surface area contributed by atoms with Crippen LogP contribution in [-0.4, -0.2) is 28.3 Å². The van der Waals surface area contributed by atoms with Gasteiger partial charge in [-0.2, -0.15) is 0 Å². The van der Waals surface area contributed by atoms with Gasteiger partial charge in [0.25, 0.3) is 5.69 Å². The van der Waals surface area contributed by atoms with E-state index in [0.29, 0.717) is 0 Å². The standard InChI is InChI=1S/C16H23N3O6/c1-15(2,3)24-13(20)17-10-7-11(9-12(8-10)19(22)23)18-14(21)25-16(4,5)6/h7-9H,1-6H3,(H,17,20)(H,18,21). The number of amides is 2. The topological polar surface area (TPSA) is 120 Å². The second-order valence-electron chi connectivity index (χ2n) is 7.28. The number of non-ortho nitro benzene ring substituents is 1. The molecule has 9 heteroatoms. The van der Waals surface area contributed by atoms with Gasteiger partial charge in [0, 0.05) is 12.1 Å². The molecule has 0 spiro atoms. The van der Waals surface area contributed by atoms with Crippen LogP contribution in [0.1, 0.15) is 41.5 Å². The van der Waals surface area contributed by atoms with Crippen LogP contribution in [0.15, 0.2) is 18.2 Å². The lowest BCUT2D eigenvalue weighted by Crippen LogP contribution is -2.28. The van der Waals surface area contributed by atoms with Crippen molar-refractivity contribution in [1.29, 1.82) is 0 Å². The Bertz CT molecular complexity index is 625. The highest BCUT2D eigenvalue weighted by Crippen LogP contribution is 2.25. The smallest absolute Gasteiger partial charge is 0.412 e. The normalized spacial score (nSPS) is 11.4. The van der Waals surface area contributed by atoms with E-state index >= 15 is 0 Å². The van der Waals surface area contributed by atoms with E-state index in [4.69, 9.17) is 9.47 Å². The first kappa shape index (κ1) is 20.2. The van der Waals surface area contributed by atoms with Crippen molar-refractivity contribution in [3.05, 3.63) is 28.3 Å². The number of nitrogens with zero attached hydrogens (tertiary/aromatic N) is 1. The molecule has 0 atom stereocenters. The molecule has 0 aliphatic rings. The van der Waals surface area contributed by atoms with Crippen molar-refractivity contribution in [3.8, 4) is 0 Å². The average molecular weight is 353 g/mol. The van der Waals surface area contributed by atoms with Crippen LogP contribution in [0, 0.1) is 10.1 Å². The molecule has 0 unspecified atom stereocenters. The van der Waals surface area contributed by atoms with Gasteiger partial charge in [-0.1, -0.05) is 0 Å². The summed E-state index contributed by atoms with van der Waals surface area (Å²) in [5.74, 6) is 0. The van der Waals surface area contributed by atoms with Crippen molar-refractivity contribution in [2.75, 3.05) is 10.6 Å². The molecule has 0 aromatic heterocycles. The van der Waals surface area contributed by atoms with Gasteiger partial charge in [0.05, 0.1) is 16.3 Å². The zero-order chi connectivity index (χ0) is 19.4. The molecule has 0 heterocycles. The molecular weight excluding hydrogens is 330 g/mol. The van der Waals surface area contributed by atoms with Crippen LogP contribution in [0.25, 0.3) is 0 Å². The van der Waals surface area contributed by atoms with E-state index in [0.717, 1.165) is 12.1 Å². The number of nitro benzene ring substituents is 1. The molecule has 2 N–H and O–H groups in total. The van der Waals surface area contributed by atoms with E-state index in [-0.39, 0.29) is 17.1 Å². The molecule has 0 saturated heterocycles. The third-order valence-electron chi connectivity index (χ3n) is 2.42. The summed E-state index contributed by atoms with van der Waals surface area (Å²) in [6, 6.07) is 3.68. The van der Waals surface area contributed by atoms with Gasteiger partial charge in [0.2, 0.25) is 0 Å². The van der Waals surface area contributed by atoms with Gasteiger partial charge in [-0.3, -0.25) is 20.7 Å². The fourth-order valence-electron chi connectivity index (χ4n) is 1.70. The molecule has 0 bridgehead atoms. The first-order chi connectivity index (χ1) is 11.2. The Labute approximate surface area is 145 Å². The Morgan fingerprint density at radius 1 is 0.880 bits per heavy atom. The summed E-state index contributed by atoms with van der Waals surface area (Å²) in [6.07, 6.45) is -1.53. The van der Waals surface area contributed by atoms with E-state index in [1.54, 1.807) is 41.5 Å². The summed E-state index contributed by atoms with van der Waals surface area (Å²) >= 11 is 0. The lowest BCUT2D eigenvalue weighted by molar-refractivity contribution is -0.384. The molecule has 9 nitrogen and oxygen atoms in total. The number of anilines is 2. The number of benzene rings is 1. The molecule has 1 aromatic carbocycles. The molecular formula is C16H23N3O6. The first-order valence-electron chi connectivity index (χ1n) is 7.55. The van der Waals surface area contributed by atoms with E-state index in [1.165, 1.54) is 6.07 Å². The zero-order valence-corrected chi connectivity index (χ0v) is 15.1. The van der Waals surface area contributed by atoms with Gasteiger partial charge in [-0.05, 0) is 47.6 Å². The fraction of sp³-hybridized carbons (Fsp3) is 0.500. The van der Waals surface area contributed by atoms with E-state index in [2.05, 4.69) is 10.6 Å². The molecule has 0 fully saturated rings. The summed E-state index contributed by atoms with van der Waals surface area (Å²) < 4.78 is 10.2. The third-order valence-corrected chi connectivity index (χ3v) is 2.42. The van der Waals surface area contributed by atoms with Crippen molar-refractivity contribution in [2.45, 2.75) is 52.7 Å². The Morgan fingerprint density at radius 3 is 1.52 bits per heavy atom. The molecule has 25 heavy (non-hydrogen) atoms. The number of hydrogen-bond acceptors (Lipinski definition) is 6. The van der Waals surface area contributed by atoms with Crippen LogP contribution in [0.2, 0.25) is 0 Å². The van der Waals surface area contributed by atoms with Crippen LogP contribution in [0.3, 0.4) is 0 Å². The number of hydrogen-bond donors (Lipinski definition) is 2. The maximum absolute atomic E-state index is 11.8. The number of carbonyl (C=O) groups is 2. The number of nitro groups is 1. The molecule has 1 rings (SSSR count). The van der Waals surface area contributed by atoms with Gasteiger partial charge in [0.1, 0.15) is 11.2 Å². The van der Waals surface area contributed by atoms with Gasteiger partial charge < -0.3 is 9.47 Å². The predicted octanol–water partition coefficient (Wildman–Crippen LogP) is 4.29. The molecule has 2 amide bonds. The minimum atomic E-state index is -0.767. The number of ether oxygens (including phenoxy) is 2. The van der Waals surface area contributed by atoms with Crippen molar-refractivity contribution < 1.29 is 24.0 Å². The highest BCUT2D eigenvalue weighted by Gasteiger charge is 2.20. The molecule has 0 saturated carbocycles. The quantitative estimate of drug-likeness (QED) is 0.618. The summed E-state index contributed by atoms with van der Waals surface area (Å²) in [5.41, 5.74) is -1.53. The van der Waals surface area contributed by atoms with Gasteiger partial charge in [-0.25, -0.2) is 9.59 Å². The number of nitrogens with one attached hydrogen (secondary N) is 2. The van der Waals surface area contributed by atoms with Crippen molar-refractivity contribution in [1.82, 2.24) is 0 Å². The van der Waals surface area contributed by atoms with E-state index in [9.17, 15) is 19.7 Å². The Kier molecular flexibility index (Phi) is 5.96. The van der Waals surface area contributed by atoms with Crippen LogP contribution in [0.4, 0.5) is 26.7 Å². The Morgan fingerprint density at radius 2 is 1.24 bits per heavy atom. The molecule has 138 valence electrons. The lowest BCUT2D eigenvalue weighted by atomic mass is 10.2. The summed E-state index contributed by atoms with van der Waals surface area (Å²) in [4.78, 5) is 34.0. The Balaban J connectivity index is 2.99. The van der Waals surface area contributed by atoms with Crippen molar-refractivity contribution in [2.24, 2.45) is 0 Å². The van der Waals surface area contributed by atoms with E-state index < -0.39 is 28.3 Å². The van der Waals surface area contributed by atoms with Crippen molar-refractivity contribution >= 4 is 29.2 Å². The minimum absolute atomic E-state index is 0.106. The maximum atomic E-state index is 11.8. The SMILES string of the molecule is CC(C)(C)OC(=O)Nc1cc(NC(=O)OC(C)(C)C)cc([N+](=O)[O-])c1. The van der Waals surface area contributed by atoms with Crippen molar-refractivity contribution in [3.63, 3.8) is 0 Å². The molecule has 1 aromatic rings. The van der Waals surface area contributed by atoms with Crippen LogP contribution in [0.5, 0.6) is 0 Å². The van der Waals surface area contributed by atoms with Gasteiger partial charge >= 0.3 is 12.2 Å². The van der Waals surface area contributed by atoms with Crippen LogP contribution in [-0.2, 0) is 9.47 Å². The second-order valence-corrected chi connectivity index (χ2v) is 7.28. The second kappa shape index (κ2) is 7.37. The van der Waals surface area contributed by atoms with Crippen LogP contribution >= 0.6 is 0 Å². The summed E-state index contributed by atoms with van der Waals surface area (Å²) in [5, 5.41) is 15.8. The lowest BCUT2D eigenvalue weighted by Gasteiger charge is -2.20. The van der Waals surface area contributed by atoms with E-state index in [1.807, 2.05) is 0 Å². The zero-order valence-electron chi connectivity index (χ0n) is 15.1. The molecule has 0 radical (unpaired) electrons. The monoisotopic (exact) mass is 353 g/mol. The minimum Gasteiger partial charge on any atom is -0.444 e. The highest BCUT2D eigenvalue weighted by atomic mass is 16.6. The number of carbonyl (C=O) groups excluding carboxylic acids is 2. The molecule has 0 aliphatic carbocycles. The van der Waals surface area contributed by atoms with Gasteiger partial charge in [-0.15, -0.1) is 0 Å². The summed E-state index contributed by atoms with van der Waals surface area (Å²) in [6.45, 7) is 10.1. The van der Waals surface area contributed by atoms with Gasteiger partial charge in [0.15, 0.2) is 0 Å². The fourth-order valence-corrected chi connectivity index (χ4v) is 1.70. The first-order valence-corrected chi connectivity index (χ1v) is 7.55. The van der Waals surface area contributed by atoms with Crippen LogP contribution < -0.4 is 10.6 Å². The number of rotatable bonds is 3. The predicted molar refractivity (Wildman–Crippen MR) is 92.8 cm³/mol. The average Bonchev–Trinajstić information content (AvgIpc) is 2.32. The summed E-state index contributed by atoms with van der Waals surface area (Å²) in [7, 11) is 0. The largest absolute Gasteiger partial charge is 0.444 e. The maximum Gasteiger partial charge on any atom is 0.412 e. The highest BCUT2D eigenvalue weighted by molar-refractivity contribution is 5.90. The molecule has 0 aliphatic heterocycles.